The van der Waals surface area contributed by atoms with E-state index in [4.69, 9.17) is 11.5 Å². The highest BCUT2D eigenvalue weighted by Crippen LogP contribution is 2.40. The van der Waals surface area contributed by atoms with E-state index in [-0.39, 0.29) is 27.5 Å². The molecule has 1 heterocycles. The molecule has 0 aliphatic carbocycles. The van der Waals surface area contributed by atoms with Gasteiger partial charge in [0.2, 0.25) is 11.8 Å². The van der Waals surface area contributed by atoms with Crippen LogP contribution in [0.4, 0.5) is 10.7 Å². The number of aryl methyl sites for hydroxylation is 1. The number of nitro groups is 1. The summed E-state index contributed by atoms with van der Waals surface area (Å²) in [6.07, 6.45) is 0. The number of nitrogens with one attached hydrogen (secondary N) is 1. The Hall–Kier alpha value is -3.70. The van der Waals surface area contributed by atoms with Gasteiger partial charge in [0, 0.05) is 22.1 Å². The Bertz CT molecular complexity index is 1220. The molecular formula is C21H18N4O5S2. The maximum Gasteiger partial charge on any atom is 0.283 e. The first-order valence-corrected chi connectivity index (χ1v) is 11.0. The molecule has 2 aromatic carbocycles. The van der Waals surface area contributed by atoms with Crippen LogP contribution in [0.15, 0.2) is 53.4 Å². The van der Waals surface area contributed by atoms with Gasteiger partial charge in [-0.2, -0.15) is 0 Å². The molecule has 0 spiro atoms. The number of carbonyl (C=O) groups excluding carboxylic acids is 3. The lowest BCUT2D eigenvalue weighted by molar-refractivity contribution is -0.387. The van der Waals surface area contributed by atoms with Crippen LogP contribution in [0.25, 0.3) is 11.1 Å². The molecule has 164 valence electrons. The highest BCUT2D eigenvalue weighted by molar-refractivity contribution is 8.00. The van der Waals surface area contributed by atoms with E-state index in [1.807, 2.05) is 37.3 Å². The van der Waals surface area contributed by atoms with Gasteiger partial charge in [-0.25, -0.2) is 0 Å². The Kier molecular flexibility index (Phi) is 6.91. The van der Waals surface area contributed by atoms with Gasteiger partial charge in [0.25, 0.3) is 11.6 Å². The molecule has 9 nitrogen and oxygen atoms in total. The quantitative estimate of drug-likeness (QED) is 0.259. The van der Waals surface area contributed by atoms with Crippen LogP contribution < -0.4 is 16.8 Å². The summed E-state index contributed by atoms with van der Waals surface area (Å²) in [5, 5.41) is 14.3. The summed E-state index contributed by atoms with van der Waals surface area (Å²) in [4.78, 5) is 47.7. The molecular weight excluding hydrogens is 452 g/mol. The van der Waals surface area contributed by atoms with Crippen molar-refractivity contribution in [1.29, 1.82) is 0 Å². The number of benzene rings is 2. The molecule has 0 aliphatic rings. The van der Waals surface area contributed by atoms with Gasteiger partial charge in [-0.15, -0.1) is 23.1 Å². The number of carbonyl (C=O) groups is 3. The van der Waals surface area contributed by atoms with E-state index in [9.17, 15) is 24.5 Å². The molecule has 1 aromatic heterocycles. The first kappa shape index (κ1) is 23.0. The smallest absolute Gasteiger partial charge is 0.283 e. The van der Waals surface area contributed by atoms with Crippen molar-refractivity contribution < 1.29 is 19.3 Å². The summed E-state index contributed by atoms with van der Waals surface area (Å²) in [6, 6.07) is 13.0. The normalized spacial score (nSPS) is 10.5. The van der Waals surface area contributed by atoms with Crippen molar-refractivity contribution in [2.45, 2.75) is 11.8 Å². The van der Waals surface area contributed by atoms with E-state index in [2.05, 4.69) is 5.32 Å². The molecule has 3 aromatic rings. The maximum atomic E-state index is 12.6. The Labute approximate surface area is 191 Å². The molecule has 0 bridgehead atoms. The predicted octanol–water partition coefficient (Wildman–Crippen LogP) is 3.56. The number of rotatable bonds is 8. The fraction of sp³-hybridized carbons (Fsp3) is 0.0952. The van der Waals surface area contributed by atoms with E-state index in [0.29, 0.717) is 10.6 Å². The molecule has 3 rings (SSSR count). The lowest BCUT2D eigenvalue weighted by Crippen LogP contribution is -2.18. The van der Waals surface area contributed by atoms with Crippen LogP contribution in [0.1, 0.15) is 25.6 Å². The van der Waals surface area contributed by atoms with Crippen LogP contribution in [0.3, 0.4) is 0 Å². The van der Waals surface area contributed by atoms with Gasteiger partial charge in [0.15, 0.2) is 0 Å². The van der Waals surface area contributed by atoms with Crippen LogP contribution in [0.2, 0.25) is 0 Å². The fourth-order valence-electron chi connectivity index (χ4n) is 3.06. The number of hydrogen-bond acceptors (Lipinski definition) is 7. The van der Waals surface area contributed by atoms with Crippen LogP contribution >= 0.6 is 23.1 Å². The predicted molar refractivity (Wildman–Crippen MR) is 124 cm³/mol. The zero-order valence-electron chi connectivity index (χ0n) is 16.8. The molecule has 0 saturated heterocycles. The van der Waals surface area contributed by atoms with Crippen molar-refractivity contribution in [3.05, 3.63) is 74.6 Å². The summed E-state index contributed by atoms with van der Waals surface area (Å²) in [5.41, 5.74) is 12.1. The second-order valence-electron chi connectivity index (χ2n) is 6.61. The first-order chi connectivity index (χ1) is 15.2. The van der Waals surface area contributed by atoms with E-state index in [1.54, 1.807) is 0 Å². The molecule has 0 aliphatic heterocycles. The van der Waals surface area contributed by atoms with Crippen molar-refractivity contribution in [3.63, 3.8) is 0 Å². The lowest BCUT2D eigenvalue weighted by atomic mass is 10.0. The largest absolute Gasteiger partial charge is 0.366 e. The second-order valence-corrected chi connectivity index (χ2v) is 8.85. The Balaban J connectivity index is 1.81. The van der Waals surface area contributed by atoms with Gasteiger partial charge in [-0.3, -0.25) is 24.5 Å². The minimum Gasteiger partial charge on any atom is -0.366 e. The number of anilines is 1. The molecule has 32 heavy (non-hydrogen) atoms. The fourth-order valence-corrected chi connectivity index (χ4v) is 4.96. The minimum atomic E-state index is -0.788. The van der Waals surface area contributed by atoms with Gasteiger partial charge >= 0.3 is 0 Å². The molecule has 0 fully saturated rings. The summed E-state index contributed by atoms with van der Waals surface area (Å²) in [6.45, 7) is 1.83. The number of primary amides is 2. The van der Waals surface area contributed by atoms with E-state index >= 15 is 0 Å². The van der Waals surface area contributed by atoms with Crippen molar-refractivity contribution >= 4 is 51.5 Å². The number of nitrogens with zero attached hydrogens (tertiary/aromatic N) is 1. The second kappa shape index (κ2) is 9.62. The highest BCUT2D eigenvalue weighted by atomic mass is 32.2. The zero-order valence-corrected chi connectivity index (χ0v) is 18.4. The van der Waals surface area contributed by atoms with Crippen LogP contribution in [0.5, 0.6) is 0 Å². The highest BCUT2D eigenvalue weighted by Gasteiger charge is 2.23. The molecule has 0 atom stereocenters. The molecule has 3 amide bonds. The molecule has 0 unspecified atom stereocenters. The van der Waals surface area contributed by atoms with Crippen molar-refractivity contribution in [1.82, 2.24) is 0 Å². The van der Waals surface area contributed by atoms with Gasteiger partial charge < -0.3 is 16.8 Å². The molecule has 0 saturated carbocycles. The number of nitrogens with two attached hydrogens (primary N) is 2. The number of thioether (sulfide) groups is 1. The molecule has 5 N–H and O–H groups in total. The maximum absolute atomic E-state index is 12.6. The van der Waals surface area contributed by atoms with E-state index < -0.39 is 22.6 Å². The van der Waals surface area contributed by atoms with Crippen LogP contribution in [-0.4, -0.2) is 28.4 Å². The average Bonchev–Trinajstić information content (AvgIpc) is 3.08. The van der Waals surface area contributed by atoms with E-state index in [0.717, 1.165) is 28.3 Å². The van der Waals surface area contributed by atoms with Crippen molar-refractivity contribution in [3.8, 4) is 11.1 Å². The van der Waals surface area contributed by atoms with Crippen LogP contribution in [0, 0.1) is 17.0 Å². The Morgan fingerprint density at radius 1 is 1.09 bits per heavy atom. The van der Waals surface area contributed by atoms with Gasteiger partial charge in [0.1, 0.15) is 5.00 Å². The third-order valence-corrected chi connectivity index (χ3v) is 6.53. The average molecular weight is 471 g/mol. The summed E-state index contributed by atoms with van der Waals surface area (Å²) in [5.74, 6) is -2.09. The topological polar surface area (TPSA) is 158 Å². The minimum absolute atomic E-state index is 0.000830. The van der Waals surface area contributed by atoms with Gasteiger partial charge in [-0.05, 0) is 24.6 Å². The number of thiophene rings is 1. The lowest BCUT2D eigenvalue weighted by Gasteiger charge is -2.07. The van der Waals surface area contributed by atoms with Gasteiger partial charge in [-0.1, -0.05) is 30.3 Å². The van der Waals surface area contributed by atoms with Crippen molar-refractivity contribution in [2.75, 3.05) is 11.1 Å². The first-order valence-electron chi connectivity index (χ1n) is 9.18. The third-order valence-electron chi connectivity index (χ3n) is 4.45. The van der Waals surface area contributed by atoms with Crippen molar-refractivity contribution in [2.24, 2.45) is 11.5 Å². The zero-order chi connectivity index (χ0) is 23.4. The molecule has 0 radical (unpaired) electrons. The SMILES string of the molecule is Cc1sc(NC(=O)CSc2ccc(C(N)=O)cc2[N+](=O)[O-])c(C(N)=O)c1-c1ccccc1. The monoisotopic (exact) mass is 470 g/mol. The summed E-state index contributed by atoms with van der Waals surface area (Å²) < 4.78 is 0. The van der Waals surface area contributed by atoms with Gasteiger partial charge in [0.05, 0.1) is 21.1 Å². The number of hydrogen-bond donors (Lipinski definition) is 3. The molecule has 11 heteroatoms. The Morgan fingerprint density at radius 2 is 1.78 bits per heavy atom. The summed E-state index contributed by atoms with van der Waals surface area (Å²) in [7, 11) is 0. The standard InChI is InChI=1S/C21H18N4O5S2/c1-11-17(12-5-3-2-4-6-12)18(20(23)28)21(32-11)24-16(26)10-31-15-8-7-13(19(22)27)9-14(15)25(29)30/h2-9H,10H2,1H3,(H2,22,27)(H2,23,28)(H,24,26). The number of nitro benzene ring substituents is 1. The Morgan fingerprint density at radius 3 is 2.38 bits per heavy atom. The summed E-state index contributed by atoms with van der Waals surface area (Å²) >= 11 is 2.15. The van der Waals surface area contributed by atoms with Crippen LogP contribution in [-0.2, 0) is 4.79 Å². The van der Waals surface area contributed by atoms with E-state index in [1.165, 1.54) is 23.5 Å². The number of amides is 3. The third kappa shape index (κ3) is 4.95.